The Kier molecular flexibility index (Phi) is 4.11. The fourth-order valence-corrected chi connectivity index (χ4v) is 2.12. The lowest BCUT2D eigenvalue weighted by atomic mass is 10.1. The molecule has 6 nitrogen and oxygen atoms in total. The highest BCUT2D eigenvalue weighted by Crippen LogP contribution is 2.14. The van der Waals surface area contributed by atoms with Gasteiger partial charge in [0, 0.05) is 10.7 Å². The molecule has 7 heteroatoms. The second-order valence-electron chi connectivity index (χ2n) is 4.66. The van der Waals surface area contributed by atoms with Crippen LogP contribution in [0.5, 0.6) is 0 Å². The van der Waals surface area contributed by atoms with Gasteiger partial charge in [-0.2, -0.15) is 0 Å². The van der Waals surface area contributed by atoms with Gasteiger partial charge in [-0.15, -0.1) is 5.10 Å². The number of benzene rings is 2. The van der Waals surface area contributed by atoms with Gasteiger partial charge in [0.05, 0.1) is 12.1 Å². The predicted molar refractivity (Wildman–Crippen MR) is 82.9 cm³/mol. The van der Waals surface area contributed by atoms with Crippen molar-refractivity contribution in [1.29, 1.82) is 0 Å². The van der Waals surface area contributed by atoms with Gasteiger partial charge < -0.3 is 5.32 Å². The Morgan fingerprint density at radius 1 is 1.18 bits per heavy atom. The highest BCUT2D eigenvalue weighted by molar-refractivity contribution is 6.30. The van der Waals surface area contributed by atoms with E-state index in [1.165, 1.54) is 11.0 Å². The third kappa shape index (κ3) is 3.48. The summed E-state index contributed by atoms with van der Waals surface area (Å²) >= 11 is 5.83. The summed E-state index contributed by atoms with van der Waals surface area (Å²) in [4.78, 5) is 12.1. The fourth-order valence-electron chi connectivity index (χ4n) is 2.00. The third-order valence-electron chi connectivity index (χ3n) is 3.02. The SMILES string of the molecule is O=C(Cc1ccc(Cl)cc1)Nc1cccc(-n2cnnn2)c1. The van der Waals surface area contributed by atoms with E-state index in [-0.39, 0.29) is 12.3 Å². The van der Waals surface area contributed by atoms with Crippen LogP contribution in [0.3, 0.4) is 0 Å². The number of anilines is 1. The maximum Gasteiger partial charge on any atom is 0.228 e. The quantitative estimate of drug-likeness (QED) is 0.803. The third-order valence-corrected chi connectivity index (χ3v) is 3.27. The minimum atomic E-state index is -0.101. The zero-order valence-electron chi connectivity index (χ0n) is 11.5. The van der Waals surface area contributed by atoms with Gasteiger partial charge >= 0.3 is 0 Å². The predicted octanol–water partition coefficient (Wildman–Crippen LogP) is 2.50. The summed E-state index contributed by atoms with van der Waals surface area (Å²) < 4.78 is 1.52. The van der Waals surface area contributed by atoms with Crippen LogP contribution in [0, 0.1) is 0 Å². The molecule has 1 amide bonds. The molecule has 0 unspecified atom stereocenters. The highest BCUT2D eigenvalue weighted by atomic mass is 35.5. The van der Waals surface area contributed by atoms with Crippen molar-refractivity contribution < 1.29 is 4.79 Å². The molecule has 3 aromatic rings. The van der Waals surface area contributed by atoms with Crippen LogP contribution in [0.2, 0.25) is 5.02 Å². The van der Waals surface area contributed by atoms with E-state index in [1.54, 1.807) is 18.2 Å². The molecule has 0 saturated heterocycles. The van der Waals surface area contributed by atoms with E-state index in [2.05, 4.69) is 20.8 Å². The average Bonchev–Trinajstić information content (AvgIpc) is 3.04. The van der Waals surface area contributed by atoms with Crippen molar-refractivity contribution in [1.82, 2.24) is 20.2 Å². The number of hydrogen-bond donors (Lipinski definition) is 1. The van der Waals surface area contributed by atoms with E-state index >= 15 is 0 Å². The topological polar surface area (TPSA) is 72.7 Å². The zero-order valence-corrected chi connectivity index (χ0v) is 12.2. The van der Waals surface area contributed by atoms with Crippen LogP contribution < -0.4 is 5.32 Å². The van der Waals surface area contributed by atoms with Gasteiger partial charge in [-0.3, -0.25) is 4.79 Å². The van der Waals surface area contributed by atoms with E-state index in [1.807, 2.05) is 30.3 Å². The second kappa shape index (κ2) is 6.36. The number of rotatable bonds is 4. The van der Waals surface area contributed by atoms with E-state index < -0.39 is 0 Å². The lowest BCUT2D eigenvalue weighted by Crippen LogP contribution is -2.14. The van der Waals surface area contributed by atoms with Crippen molar-refractivity contribution in [3.05, 3.63) is 65.4 Å². The summed E-state index contributed by atoms with van der Waals surface area (Å²) in [5.74, 6) is -0.101. The maximum atomic E-state index is 12.1. The van der Waals surface area contributed by atoms with Crippen molar-refractivity contribution in [3.8, 4) is 5.69 Å². The van der Waals surface area contributed by atoms with Crippen molar-refractivity contribution in [2.75, 3.05) is 5.32 Å². The van der Waals surface area contributed by atoms with Crippen molar-refractivity contribution in [2.24, 2.45) is 0 Å². The van der Waals surface area contributed by atoms with Gasteiger partial charge in [-0.1, -0.05) is 29.8 Å². The van der Waals surface area contributed by atoms with Gasteiger partial charge in [0.2, 0.25) is 5.91 Å². The Balaban J connectivity index is 1.69. The van der Waals surface area contributed by atoms with Crippen molar-refractivity contribution in [3.63, 3.8) is 0 Å². The molecular formula is C15H12ClN5O. The molecule has 0 saturated carbocycles. The number of carbonyl (C=O) groups excluding carboxylic acids is 1. The first kappa shape index (κ1) is 14.2. The second-order valence-corrected chi connectivity index (χ2v) is 5.09. The zero-order chi connectivity index (χ0) is 15.4. The van der Waals surface area contributed by atoms with Crippen LogP contribution >= 0.6 is 11.6 Å². The summed E-state index contributed by atoms with van der Waals surface area (Å²) in [5, 5.41) is 14.5. The Hall–Kier alpha value is -2.73. The summed E-state index contributed by atoms with van der Waals surface area (Å²) in [6.45, 7) is 0. The molecule has 1 aromatic heterocycles. The largest absolute Gasteiger partial charge is 0.326 e. The Morgan fingerprint density at radius 2 is 2.00 bits per heavy atom. The summed E-state index contributed by atoms with van der Waals surface area (Å²) in [7, 11) is 0. The first-order chi connectivity index (χ1) is 10.7. The molecule has 3 rings (SSSR count). The van der Waals surface area contributed by atoms with E-state index in [0.29, 0.717) is 10.7 Å². The normalized spacial score (nSPS) is 10.4. The lowest BCUT2D eigenvalue weighted by Gasteiger charge is -2.07. The van der Waals surface area contributed by atoms with Crippen LogP contribution in [0.4, 0.5) is 5.69 Å². The summed E-state index contributed by atoms with van der Waals surface area (Å²) in [6, 6.07) is 14.5. The minimum Gasteiger partial charge on any atom is -0.326 e. The number of carbonyl (C=O) groups is 1. The number of hydrogen-bond acceptors (Lipinski definition) is 4. The number of halogens is 1. The van der Waals surface area contributed by atoms with Crippen LogP contribution in [0.25, 0.3) is 5.69 Å². The molecule has 2 aromatic carbocycles. The average molecular weight is 314 g/mol. The molecule has 22 heavy (non-hydrogen) atoms. The highest BCUT2D eigenvalue weighted by Gasteiger charge is 2.06. The molecule has 1 heterocycles. The number of tetrazole rings is 1. The van der Waals surface area contributed by atoms with E-state index in [4.69, 9.17) is 11.6 Å². The molecule has 0 radical (unpaired) electrons. The van der Waals surface area contributed by atoms with Crippen LogP contribution in [-0.4, -0.2) is 26.1 Å². The standard InChI is InChI=1S/C15H12ClN5O/c16-12-6-4-11(5-7-12)8-15(22)18-13-2-1-3-14(9-13)21-10-17-19-20-21/h1-7,9-10H,8H2,(H,18,22). The molecule has 0 aliphatic rings. The van der Waals surface area contributed by atoms with Crippen LogP contribution in [0.1, 0.15) is 5.56 Å². The smallest absolute Gasteiger partial charge is 0.228 e. The molecule has 0 bridgehead atoms. The van der Waals surface area contributed by atoms with Crippen LogP contribution in [0.15, 0.2) is 54.9 Å². The van der Waals surface area contributed by atoms with Gasteiger partial charge in [-0.25, -0.2) is 4.68 Å². The molecule has 0 atom stereocenters. The monoisotopic (exact) mass is 313 g/mol. The van der Waals surface area contributed by atoms with Gasteiger partial charge in [0.15, 0.2) is 0 Å². The molecule has 0 fully saturated rings. The number of amides is 1. The first-order valence-corrected chi connectivity index (χ1v) is 6.96. The molecular weight excluding hydrogens is 302 g/mol. The number of nitrogens with one attached hydrogen (secondary N) is 1. The maximum absolute atomic E-state index is 12.1. The Labute approximate surface area is 131 Å². The minimum absolute atomic E-state index is 0.101. The number of nitrogens with zero attached hydrogens (tertiary/aromatic N) is 4. The molecule has 0 aliphatic carbocycles. The van der Waals surface area contributed by atoms with Crippen molar-refractivity contribution >= 4 is 23.2 Å². The number of aromatic nitrogens is 4. The Bertz CT molecular complexity index is 771. The lowest BCUT2D eigenvalue weighted by molar-refractivity contribution is -0.115. The first-order valence-electron chi connectivity index (χ1n) is 6.58. The van der Waals surface area contributed by atoms with Crippen LogP contribution in [-0.2, 0) is 11.2 Å². The molecule has 0 spiro atoms. The fraction of sp³-hybridized carbons (Fsp3) is 0.0667. The van der Waals surface area contributed by atoms with E-state index in [9.17, 15) is 4.79 Å². The summed E-state index contributed by atoms with van der Waals surface area (Å²) in [6.07, 6.45) is 1.78. The van der Waals surface area contributed by atoms with E-state index in [0.717, 1.165) is 11.3 Å². The summed E-state index contributed by atoms with van der Waals surface area (Å²) in [5.41, 5.74) is 2.36. The van der Waals surface area contributed by atoms with Gasteiger partial charge in [0.25, 0.3) is 0 Å². The van der Waals surface area contributed by atoms with Gasteiger partial charge in [-0.05, 0) is 46.3 Å². The van der Waals surface area contributed by atoms with Crippen molar-refractivity contribution in [2.45, 2.75) is 6.42 Å². The molecule has 1 N–H and O–H groups in total. The van der Waals surface area contributed by atoms with Gasteiger partial charge in [0.1, 0.15) is 6.33 Å². The Morgan fingerprint density at radius 3 is 2.73 bits per heavy atom. The molecule has 110 valence electrons. The molecule has 0 aliphatic heterocycles.